The third-order valence-corrected chi connectivity index (χ3v) is 4.29. The molecule has 0 bridgehead atoms. The number of halogens is 3. The molecule has 0 N–H and O–H groups in total. The highest BCUT2D eigenvalue weighted by atomic mass is 32.2. The van der Waals surface area contributed by atoms with Crippen LogP contribution in [0.15, 0.2) is 24.3 Å². The Bertz CT molecular complexity index is 557. The monoisotopic (exact) mass is 295 g/mol. The zero-order valence-corrected chi connectivity index (χ0v) is 10.7. The van der Waals surface area contributed by atoms with E-state index in [0.717, 1.165) is 16.4 Å². The first-order valence-corrected chi connectivity index (χ1v) is 7.12. The maximum Gasteiger partial charge on any atom is 0.416 e. The Hall–Kier alpha value is -1.12. The Labute approximate surface area is 108 Å². The Morgan fingerprint density at radius 2 is 2.05 bits per heavy atom. The van der Waals surface area contributed by atoms with Gasteiger partial charge in [0, 0.05) is 13.1 Å². The minimum atomic E-state index is -4.43. The molecule has 1 aliphatic rings. The Kier molecular flexibility index (Phi) is 3.84. The van der Waals surface area contributed by atoms with E-state index in [1.165, 1.54) is 12.1 Å². The zero-order chi connectivity index (χ0) is 14.1. The van der Waals surface area contributed by atoms with Crippen molar-refractivity contribution in [2.75, 3.05) is 19.1 Å². The predicted molar refractivity (Wildman–Crippen MR) is 61.6 cm³/mol. The first kappa shape index (κ1) is 14.3. The Morgan fingerprint density at radius 1 is 1.32 bits per heavy atom. The topological polar surface area (TPSA) is 46.6 Å². The molecule has 8 heteroatoms. The lowest BCUT2D eigenvalue weighted by atomic mass is 10.1. The summed E-state index contributed by atoms with van der Waals surface area (Å²) in [5.41, 5.74) is -0.476. The van der Waals surface area contributed by atoms with Crippen LogP contribution < -0.4 is 0 Å². The summed E-state index contributed by atoms with van der Waals surface area (Å²) < 4.78 is 66.9. The van der Waals surface area contributed by atoms with Crippen molar-refractivity contribution < 1.29 is 26.3 Å². The second kappa shape index (κ2) is 5.10. The predicted octanol–water partition coefficient (Wildman–Crippen LogP) is 1.82. The molecule has 1 saturated heterocycles. The molecule has 106 valence electrons. The van der Waals surface area contributed by atoms with E-state index in [1.54, 1.807) is 0 Å². The molecule has 0 aliphatic carbocycles. The van der Waals surface area contributed by atoms with Gasteiger partial charge < -0.3 is 4.74 Å². The molecule has 1 aliphatic heterocycles. The van der Waals surface area contributed by atoms with Crippen molar-refractivity contribution in [3.8, 4) is 0 Å². The van der Waals surface area contributed by atoms with E-state index in [0.29, 0.717) is 5.56 Å². The van der Waals surface area contributed by atoms with Crippen LogP contribution in [0.4, 0.5) is 13.2 Å². The number of nitrogens with zero attached hydrogens (tertiary/aromatic N) is 1. The van der Waals surface area contributed by atoms with Gasteiger partial charge in [-0.1, -0.05) is 18.2 Å². The summed E-state index contributed by atoms with van der Waals surface area (Å²) in [7, 11) is -3.54. The first-order chi connectivity index (χ1) is 8.79. The van der Waals surface area contributed by atoms with Crippen molar-refractivity contribution in [1.29, 1.82) is 0 Å². The quantitative estimate of drug-likeness (QED) is 0.836. The molecule has 0 atom stereocenters. The normalized spacial score (nSPS) is 20.4. The lowest BCUT2D eigenvalue weighted by Crippen LogP contribution is -2.40. The highest BCUT2D eigenvalue weighted by molar-refractivity contribution is 7.88. The highest BCUT2D eigenvalue weighted by Gasteiger charge is 2.31. The van der Waals surface area contributed by atoms with Crippen molar-refractivity contribution in [1.82, 2.24) is 4.31 Å². The second-order valence-electron chi connectivity index (χ2n) is 4.17. The van der Waals surface area contributed by atoms with Gasteiger partial charge in [-0.3, -0.25) is 0 Å². The maximum atomic E-state index is 12.5. The number of rotatable bonds is 2. The third-order valence-electron chi connectivity index (χ3n) is 2.72. The fourth-order valence-electron chi connectivity index (χ4n) is 1.77. The molecule has 2 rings (SSSR count). The first-order valence-electron chi connectivity index (χ1n) is 5.51. The third kappa shape index (κ3) is 3.46. The van der Waals surface area contributed by atoms with E-state index >= 15 is 0 Å². The molecule has 1 aromatic rings. The van der Waals surface area contributed by atoms with Gasteiger partial charge in [0.15, 0.2) is 5.94 Å². The summed E-state index contributed by atoms with van der Waals surface area (Å²) in [4.78, 5) is 0. The molecule has 0 spiro atoms. The summed E-state index contributed by atoms with van der Waals surface area (Å²) >= 11 is 0. The summed E-state index contributed by atoms with van der Waals surface area (Å²) in [6, 6.07) is 4.66. The largest absolute Gasteiger partial charge is 0.416 e. The van der Waals surface area contributed by atoms with Crippen molar-refractivity contribution >= 4 is 10.0 Å². The van der Waals surface area contributed by atoms with E-state index in [2.05, 4.69) is 0 Å². The van der Waals surface area contributed by atoms with Crippen molar-refractivity contribution in [3.05, 3.63) is 35.4 Å². The van der Waals surface area contributed by atoms with Crippen LogP contribution in [0.5, 0.6) is 0 Å². The molecule has 0 amide bonds. The highest BCUT2D eigenvalue weighted by Crippen LogP contribution is 2.30. The average molecular weight is 295 g/mol. The van der Waals surface area contributed by atoms with E-state index < -0.39 is 27.7 Å². The number of ether oxygens (including phenoxy) is 1. The van der Waals surface area contributed by atoms with Gasteiger partial charge in [-0.25, -0.2) is 8.42 Å². The number of hydrogen-bond acceptors (Lipinski definition) is 3. The lowest BCUT2D eigenvalue weighted by Gasteiger charge is -2.26. The van der Waals surface area contributed by atoms with Crippen LogP contribution >= 0.6 is 0 Å². The smallest absolute Gasteiger partial charge is 0.363 e. The number of hydrogen-bond donors (Lipinski definition) is 0. The molecule has 1 heterocycles. The van der Waals surface area contributed by atoms with Gasteiger partial charge in [0.25, 0.3) is 0 Å². The van der Waals surface area contributed by atoms with Gasteiger partial charge in [0.1, 0.15) is 0 Å². The molecule has 19 heavy (non-hydrogen) atoms. The van der Waals surface area contributed by atoms with Crippen LogP contribution in [0, 0.1) is 0 Å². The van der Waals surface area contributed by atoms with E-state index in [1.807, 2.05) is 0 Å². The van der Waals surface area contributed by atoms with Crippen molar-refractivity contribution in [3.63, 3.8) is 0 Å². The summed E-state index contributed by atoms with van der Waals surface area (Å²) in [6.07, 6.45) is -4.43. The van der Waals surface area contributed by atoms with Crippen LogP contribution in [0.3, 0.4) is 0 Å². The van der Waals surface area contributed by atoms with E-state index in [9.17, 15) is 21.6 Å². The van der Waals surface area contributed by atoms with Crippen molar-refractivity contribution in [2.45, 2.75) is 12.7 Å². The summed E-state index contributed by atoms with van der Waals surface area (Å²) in [6.45, 7) is 0.326. The van der Waals surface area contributed by atoms with Crippen LogP contribution in [0.1, 0.15) is 11.1 Å². The molecule has 0 unspecified atom stereocenters. The van der Waals surface area contributed by atoms with Gasteiger partial charge in [-0.05, 0) is 11.6 Å². The minimum absolute atomic E-state index is 0.0738. The summed E-state index contributed by atoms with van der Waals surface area (Å²) in [5, 5.41) is 0. The van der Waals surface area contributed by atoms with Gasteiger partial charge in [0.05, 0.1) is 12.2 Å². The van der Waals surface area contributed by atoms with Gasteiger partial charge >= 0.3 is 6.18 Å². The van der Waals surface area contributed by atoms with Crippen LogP contribution in [-0.2, 0) is 27.5 Å². The second-order valence-corrected chi connectivity index (χ2v) is 6.09. The standard InChI is InChI=1S/C11H12F3NO3S/c12-11(13,14)10-3-1-2-9(6-10)7-15-4-5-18-8-19(15,16)17/h1-3,6H,4-5,7-8H2. The molecule has 4 nitrogen and oxygen atoms in total. The molecular formula is C11H12F3NO3S. The van der Waals surface area contributed by atoms with E-state index in [4.69, 9.17) is 4.74 Å². The van der Waals surface area contributed by atoms with Crippen LogP contribution in [-0.4, -0.2) is 31.8 Å². The fraction of sp³-hybridized carbons (Fsp3) is 0.455. The Balaban J connectivity index is 2.20. The van der Waals surface area contributed by atoms with Gasteiger partial charge in [0.2, 0.25) is 10.0 Å². The number of sulfonamides is 1. The zero-order valence-electron chi connectivity index (χ0n) is 9.85. The fourth-order valence-corrected chi connectivity index (χ4v) is 2.95. The average Bonchev–Trinajstić information content (AvgIpc) is 2.31. The van der Waals surface area contributed by atoms with Gasteiger partial charge in [-0.15, -0.1) is 0 Å². The SMILES string of the molecule is O=S1(=O)COCCN1Cc1cccc(C(F)(F)F)c1. The molecule has 0 saturated carbocycles. The summed E-state index contributed by atoms with van der Waals surface area (Å²) in [5.74, 6) is -0.425. The van der Waals surface area contributed by atoms with Crippen LogP contribution in [0.2, 0.25) is 0 Å². The molecular weight excluding hydrogens is 283 g/mol. The molecule has 0 radical (unpaired) electrons. The lowest BCUT2D eigenvalue weighted by molar-refractivity contribution is -0.137. The molecule has 1 fully saturated rings. The minimum Gasteiger partial charge on any atom is -0.363 e. The maximum absolute atomic E-state index is 12.5. The molecule has 1 aromatic carbocycles. The van der Waals surface area contributed by atoms with Crippen molar-refractivity contribution in [2.24, 2.45) is 0 Å². The van der Waals surface area contributed by atoms with Crippen LogP contribution in [0.25, 0.3) is 0 Å². The van der Waals surface area contributed by atoms with Gasteiger partial charge in [-0.2, -0.15) is 17.5 Å². The Morgan fingerprint density at radius 3 is 2.68 bits per heavy atom. The number of alkyl halides is 3. The number of benzene rings is 1. The molecule has 0 aromatic heterocycles. The van der Waals surface area contributed by atoms with E-state index in [-0.39, 0.29) is 19.7 Å².